The van der Waals surface area contributed by atoms with Crippen molar-refractivity contribution in [2.45, 2.75) is 18.9 Å². The molecule has 2 aliphatic rings. The number of hydrogen-bond donors (Lipinski definition) is 1. The van der Waals surface area contributed by atoms with Crippen molar-refractivity contribution in [2.24, 2.45) is 0 Å². The third kappa shape index (κ3) is 1.91. The van der Waals surface area contributed by atoms with Crippen LogP contribution in [0.5, 0.6) is 0 Å². The predicted molar refractivity (Wildman–Crippen MR) is 58.7 cm³/mol. The molecule has 0 spiro atoms. The lowest BCUT2D eigenvalue weighted by Gasteiger charge is -2.26. The first-order chi connectivity index (χ1) is 7.63. The number of carboxylic acid groups (broad SMARTS) is 1. The van der Waals surface area contributed by atoms with Crippen molar-refractivity contribution in [3.8, 4) is 0 Å². The Labute approximate surface area is 93.6 Å². The summed E-state index contributed by atoms with van der Waals surface area (Å²) in [4.78, 5) is 24.6. The van der Waals surface area contributed by atoms with Gasteiger partial charge in [-0.3, -0.25) is 4.79 Å². The predicted octanol–water partition coefficient (Wildman–Crippen LogP) is 1.11. The fourth-order valence-electron chi connectivity index (χ4n) is 1.78. The van der Waals surface area contributed by atoms with Gasteiger partial charge in [-0.15, -0.1) is 0 Å². The normalized spacial score (nSPS) is 23.2. The van der Waals surface area contributed by atoms with E-state index in [-0.39, 0.29) is 5.57 Å². The molecular formula is C12H13NO3. The minimum absolute atomic E-state index is 0.147. The van der Waals surface area contributed by atoms with Crippen LogP contribution in [0.3, 0.4) is 0 Å². The van der Waals surface area contributed by atoms with Crippen LogP contribution in [0.4, 0.5) is 0 Å². The zero-order chi connectivity index (χ0) is 11.7. The maximum Gasteiger partial charge on any atom is 0.341 e. The van der Waals surface area contributed by atoms with Crippen molar-refractivity contribution < 1.29 is 14.7 Å². The fraction of sp³-hybridized carbons (Fsp3) is 0.333. The molecule has 2 rings (SSSR count). The second kappa shape index (κ2) is 3.96. The molecule has 16 heavy (non-hydrogen) atoms. The van der Waals surface area contributed by atoms with Gasteiger partial charge in [0.2, 0.25) is 0 Å². The summed E-state index contributed by atoms with van der Waals surface area (Å²) in [6, 6.07) is 0.399. The minimum Gasteiger partial charge on any atom is -0.477 e. The van der Waals surface area contributed by atoms with Gasteiger partial charge in [0.1, 0.15) is 5.57 Å². The second-order valence-corrected chi connectivity index (χ2v) is 4.01. The van der Waals surface area contributed by atoms with Gasteiger partial charge < -0.3 is 10.0 Å². The van der Waals surface area contributed by atoms with Gasteiger partial charge in [0.25, 0.3) is 0 Å². The number of aliphatic carboxylic acids is 1. The fourth-order valence-corrected chi connectivity index (χ4v) is 1.78. The molecule has 1 heterocycles. The zero-order valence-electron chi connectivity index (χ0n) is 8.85. The summed E-state index contributed by atoms with van der Waals surface area (Å²) < 4.78 is 0. The molecule has 0 radical (unpaired) electrons. The summed E-state index contributed by atoms with van der Waals surface area (Å²) >= 11 is 0. The molecule has 4 nitrogen and oxygen atoms in total. The van der Waals surface area contributed by atoms with Crippen molar-refractivity contribution in [3.05, 3.63) is 36.1 Å². The third-order valence-electron chi connectivity index (χ3n) is 2.75. The van der Waals surface area contributed by atoms with Crippen molar-refractivity contribution in [2.75, 3.05) is 6.54 Å². The van der Waals surface area contributed by atoms with Crippen LogP contribution in [0, 0.1) is 0 Å². The molecule has 4 heteroatoms. The first-order valence-electron chi connectivity index (χ1n) is 5.20. The number of carbonyl (C=O) groups excluding carboxylic acids is 1. The Kier molecular flexibility index (Phi) is 2.64. The maximum atomic E-state index is 11.8. The topological polar surface area (TPSA) is 57.6 Å². The first kappa shape index (κ1) is 10.7. The van der Waals surface area contributed by atoms with Crippen molar-refractivity contribution in [1.82, 2.24) is 4.90 Å². The van der Waals surface area contributed by atoms with Crippen LogP contribution in [0.15, 0.2) is 36.1 Å². The van der Waals surface area contributed by atoms with Gasteiger partial charge in [0.05, 0.1) is 0 Å². The highest BCUT2D eigenvalue weighted by molar-refractivity contribution is 6.24. The highest BCUT2D eigenvalue weighted by Crippen LogP contribution is 2.31. The van der Waals surface area contributed by atoms with Crippen molar-refractivity contribution in [1.29, 1.82) is 0 Å². The van der Waals surface area contributed by atoms with Gasteiger partial charge in [-0.25, -0.2) is 4.79 Å². The molecule has 0 unspecified atom stereocenters. The Balaban J connectivity index is 2.33. The van der Waals surface area contributed by atoms with Crippen LogP contribution < -0.4 is 0 Å². The van der Waals surface area contributed by atoms with Gasteiger partial charge in [-0.2, -0.15) is 0 Å². The molecule has 84 valence electrons. The Morgan fingerprint density at radius 1 is 1.56 bits per heavy atom. The lowest BCUT2D eigenvalue weighted by Crippen LogP contribution is -2.33. The largest absolute Gasteiger partial charge is 0.477 e. The SMILES string of the molecule is C=C/C=C1\CN(C2CC2)C=C(C(=O)O)C1=O. The van der Waals surface area contributed by atoms with Crippen LogP contribution >= 0.6 is 0 Å². The summed E-state index contributed by atoms with van der Waals surface area (Å²) in [6.45, 7) is 4.02. The molecule has 1 saturated carbocycles. The van der Waals surface area contributed by atoms with E-state index in [1.165, 1.54) is 12.3 Å². The quantitative estimate of drug-likeness (QED) is 0.570. The van der Waals surface area contributed by atoms with Crippen LogP contribution in [0.2, 0.25) is 0 Å². The number of carbonyl (C=O) groups is 2. The molecule has 0 aromatic heterocycles. The smallest absolute Gasteiger partial charge is 0.341 e. The van der Waals surface area contributed by atoms with Crippen LogP contribution in [-0.4, -0.2) is 34.3 Å². The van der Waals surface area contributed by atoms with Gasteiger partial charge in [-0.05, 0) is 12.8 Å². The average Bonchev–Trinajstić information content (AvgIpc) is 3.04. The van der Waals surface area contributed by atoms with Crippen LogP contribution in [-0.2, 0) is 9.59 Å². The van der Waals surface area contributed by atoms with Crippen LogP contribution in [0.1, 0.15) is 12.8 Å². The third-order valence-corrected chi connectivity index (χ3v) is 2.75. The molecule has 1 aliphatic heterocycles. The highest BCUT2D eigenvalue weighted by Gasteiger charge is 2.34. The molecule has 0 aromatic carbocycles. The van der Waals surface area contributed by atoms with E-state index >= 15 is 0 Å². The average molecular weight is 219 g/mol. The highest BCUT2D eigenvalue weighted by atomic mass is 16.4. The number of hydrogen-bond acceptors (Lipinski definition) is 3. The maximum absolute atomic E-state index is 11.8. The molecular weight excluding hydrogens is 206 g/mol. The van der Waals surface area contributed by atoms with E-state index in [1.54, 1.807) is 6.08 Å². The Morgan fingerprint density at radius 2 is 2.25 bits per heavy atom. The van der Waals surface area contributed by atoms with Crippen molar-refractivity contribution in [3.63, 3.8) is 0 Å². The molecule has 1 N–H and O–H groups in total. The molecule has 0 aromatic rings. The van der Waals surface area contributed by atoms with E-state index < -0.39 is 11.8 Å². The Morgan fingerprint density at radius 3 is 2.75 bits per heavy atom. The molecule has 1 aliphatic carbocycles. The Hall–Kier alpha value is -1.84. The summed E-state index contributed by atoms with van der Waals surface area (Å²) in [5.41, 5.74) is 0.355. The van der Waals surface area contributed by atoms with E-state index in [0.29, 0.717) is 18.2 Å². The van der Waals surface area contributed by atoms with Crippen LogP contribution in [0.25, 0.3) is 0 Å². The second-order valence-electron chi connectivity index (χ2n) is 4.01. The van der Waals surface area contributed by atoms with Crippen molar-refractivity contribution >= 4 is 11.8 Å². The monoisotopic (exact) mass is 219 g/mol. The number of allylic oxidation sites excluding steroid dienone is 2. The van der Waals surface area contributed by atoms with Gasteiger partial charge >= 0.3 is 5.97 Å². The summed E-state index contributed by atoms with van der Waals surface area (Å²) in [5.74, 6) is -1.56. The number of carboxylic acids is 1. The molecule has 0 amide bonds. The molecule has 0 atom stereocenters. The molecule has 0 saturated heterocycles. The summed E-state index contributed by atoms with van der Waals surface area (Å²) in [5, 5.41) is 8.95. The van der Waals surface area contributed by atoms with E-state index in [9.17, 15) is 9.59 Å². The lowest BCUT2D eigenvalue weighted by atomic mass is 9.99. The van der Waals surface area contributed by atoms with E-state index in [2.05, 4.69) is 6.58 Å². The standard InChI is InChI=1S/C12H13NO3/c1-2-3-8-6-13(9-4-5-9)7-10(11(8)14)12(15)16/h2-3,7,9H,1,4-6H2,(H,15,16)/b8-3+. The van der Waals surface area contributed by atoms with E-state index in [0.717, 1.165) is 12.8 Å². The van der Waals surface area contributed by atoms with Gasteiger partial charge in [0.15, 0.2) is 5.78 Å². The van der Waals surface area contributed by atoms with E-state index in [1.807, 2.05) is 4.90 Å². The Bertz CT molecular complexity index is 416. The minimum atomic E-state index is -1.16. The number of ketones is 1. The van der Waals surface area contributed by atoms with Gasteiger partial charge in [-0.1, -0.05) is 18.7 Å². The van der Waals surface area contributed by atoms with E-state index in [4.69, 9.17) is 5.11 Å². The molecule has 1 fully saturated rings. The number of rotatable bonds is 3. The summed E-state index contributed by atoms with van der Waals surface area (Å²) in [7, 11) is 0. The first-order valence-corrected chi connectivity index (χ1v) is 5.20. The lowest BCUT2D eigenvalue weighted by molar-refractivity contribution is -0.134. The number of nitrogens with zero attached hydrogens (tertiary/aromatic N) is 1. The number of Topliss-reactive ketones (excluding diaryl/α,β-unsaturated/α-hetero) is 1. The zero-order valence-corrected chi connectivity index (χ0v) is 8.85. The van der Waals surface area contributed by atoms with Gasteiger partial charge in [0, 0.05) is 24.4 Å². The molecule has 0 bridgehead atoms. The summed E-state index contributed by atoms with van der Waals surface area (Å²) in [6.07, 6.45) is 6.72.